The maximum atomic E-state index is 10.7. The molecule has 3 nitrogen and oxygen atoms in total. The van der Waals surface area contributed by atoms with Crippen LogP contribution in [0.5, 0.6) is 5.75 Å². The van der Waals surface area contributed by atoms with Crippen molar-refractivity contribution in [3.8, 4) is 5.75 Å². The number of thiol groups is 1. The van der Waals surface area contributed by atoms with Crippen molar-refractivity contribution in [2.24, 2.45) is 0 Å². The summed E-state index contributed by atoms with van der Waals surface area (Å²) in [5, 5.41) is 0. The van der Waals surface area contributed by atoms with Gasteiger partial charge in [-0.25, -0.2) is 4.79 Å². The molecule has 4 heteroatoms. The van der Waals surface area contributed by atoms with E-state index in [4.69, 9.17) is 4.74 Å². The molecule has 0 aromatic heterocycles. The van der Waals surface area contributed by atoms with E-state index in [1.165, 1.54) is 7.11 Å². The Balaban J connectivity index is 2.54. The van der Waals surface area contributed by atoms with Crippen molar-refractivity contribution in [1.82, 2.24) is 0 Å². The summed E-state index contributed by atoms with van der Waals surface area (Å²) < 4.78 is 9.56. The maximum absolute atomic E-state index is 10.7. The van der Waals surface area contributed by atoms with Crippen molar-refractivity contribution >= 4 is 18.6 Å². The Kier molecular flexibility index (Phi) is 3.64. The third kappa shape index (κ3) is 2.99. The summed E-state index contributed by atoms with van der Waals surface area (Å²) in [4.78, 5) is 11.4. The molecule has 13 heavy (non-hydrogen) atoms. The minimum Gasteiger partial charge on any atom is -0.481 e. The molecule has 0 aliphatic rings. The molecule has 0 amide bonds. The van der Waals surface area contributed by atoms with Crippen LogP contribution in [0.3, 0.4) is 0 Å². The number of hydrogen-bond acceptors (Lipinski definition) is 4. The highest BCUT2D eigenvalue weighted by molar-refractivity contribution is 7.80. The van der Waals surface area contributed by atoms with E-state index < -0.39 is 5.97 Å². The van der Waals surface area contributed by atoms with Gasteiger partial charge in [0.2, 0.25) is 0 Å². The van der Waals surface area contributed by atoms with Crippen LogP contribution in [-0.4, -0.2) is 19.7 Å². The molecule has 0 spiro atoms. The number of para-hydroxylation sites is 1. The van der Waals surface area contributed by atoms with Gasteiger partial charge in [-0.05, 0) is 12.1 Å². The molecule has 0 aliphatic carbocycles. The zero-order chi connectivity index (χ0) is 9.68. The lowest BCUT2D eigenvalue weighted by atomic mass is 10.3. The predicted molar refractivity (Wildman–Crippen MR) is 51.2 cm³/mol. The smallest absolute Gasteiger partial charge is 0.343 e. The topological polar surface area (TPSA) is 35.5 Å². The fraction of sp³-hybridized carbons (Fsp3) is 0.222. The fourth-order valence-corrected chi connectivity index (χ4v) is 1.000. The first-order valence-electron chi connectivity index (χ1n) is 3.71. The van der Waals surface area contributed by atoms with Gasteiger partial charge in [0, 0.05) is 4.90 Å². The monoisotopic (exact) mass is 198 g/mol. The Hall–Kier alpha value is -1.16. The number of esters is 1. The van der Waals surface area contributed by atoms with Crippen LogP contribution in [0, 0.1) is 0 Å². The maximum Gasteiger partial charge on any atom is 0.343 e. The van der Waals surface area contributed by atoms with Crippen LogP contribution in [0.1, 0.15) is 0 Å². The zero-order valence-corrected chi connectivity index (χ0v) is 8.08. The van der Waals surface area contributed by atoms with Gasteiger partial charge in [-0.3, -0.25) is 0 Å². The summed E-state index contributed by atoms with van der Waals surface area (Å²) >= 11 is 4.15. The van der Waals surface area contributed by atoms with Crippen molar-refractivity contribution in [3.05, 3.63) is 24.3 Å². The molecule has 0 heterocycles. The van der Waals surface area contributed by atoms with E-state index in [0.29, 0.717) is 10.6 Å². The standard InChI is InChI=1S/C9H10O3S/c1-11-9(10)6-12-7-4-2-3-5-8(7)13/h2-5,13H,6H2,1H3. The Morgan fingerprint density at radius 3 is 2.77 bits per heavy atom. The van der Waals surface area contributed by atoms with Crippen LogP contribution >= 0.6 is 12.6 Å². The Morgan fingerprint density at radius 1 is 1.46 bits per heavy atom. The number of carbonyl (C=O) groups is 1. The van der Waals surface area contributed by atoms with Crippen LogP contribution < -0.4 is 4.74 Å². The molecule has 0 fully saturated rings. The lowest BCUT2D eigenvalue weighted by Crippen LogP contribution is -2.12. The zero-order valence-electron chi connectivity index (χ0n) is 7.19. The van der Waals surface area contributed by atoms with E-state index in [0.717, 1.165) is 0 Å². The molecule has 1 aromatic carbocycles. The summed E-state index contributed by atoms with van der Waals surface area (Å²) in [6, 6.07) is 7.18. The number of methoxy groups -OCH3 is 1. The van der Waals surface area contributed by atoms with E-state index in [1.54, 1.807) is 12.1 Å². The third-order valence-electron chi connectivity index (χ3n) is 1.44. The molecule has 0 saturated heterocycles. The summed E-state index contributed by atoms with van der Waals surface area (Å²) in [7, 11) is 1.32. The second-order valence-electron chi connectivity index (χ2n) is 2.33. The summed E-state index contributed by atoms with van der Waals surface area (Å²) in [5.74, 6) is 0.174. The molecule has 0 unspecified atom stereocenters. The van der Waals surface area contributed by atoms with E-state index in [9.17, 15) is 4.79 Å². The van der Waals surface area contributed by atoms with E-state index in [2.05, 4.69) is 17.4 Å². The van der Waals surface area contributed by atoms with Gasteiger partial charge in [0.05, 0.1) is 7.11 Å². The SMILES string of the molecule is COC(=O)COc1ccccc1S. The molecule has 0 radical (unpaired) electrons. The van der Waals surface area contributed by atoms with E-state index in [-0.39, 0.29) is 6.61 Å². The average Bonchev–Trinajstić information content (AvgIpc) is 2.16. The second-order valence-corrected chi connectivity index (χ2v) is 2.81. The largest absolute Gasteiger partial charge is 0.481 e. The Labute approximate surface area is 82.1 Å². The van der Waals surface area contributed by atoms with Gasteiger partial charge in [0.1, 0.15) is 5.75 Å². The molecule has 0 N–H and O–H groups in total. The van der Waals surface area contributed by atoms with Crippen molar-refractivity contribution in [1.29, 1.82) is 0 Å². The molecular formula is C9H10O3S. The normalized spacial score (nSPS) is 9.38. The Morgan fingerprint density at radius 2 is 2.15 bits per heavy atom. The van der Waals surface area contributed by atoms with Gasteiger partial charge < -0.3 is 9.47 Å². The molecule has 1 rings (SSSR count). The molecule has 1 aromatic rings. The molecule has 0 bridgehead atoms. The molecule has 0 aliphatic heterocycles. The van der Waals surface area contributed by atoms with Gasteiger partial charge in [-0.1, -0.05) is 12.1 Å². The van der Waals surface area contributed by atoms with Crippen LogP contribution in [0.4, 0.5) is 0 Å². The molecule has 70 valence electrons. The first kappa shape index (κ1) is 9.92. The first-order chi connectivity index (χ1) is 6.24. The summed E-state index contributed by atoms with van der Waals surface area (Å²) in [6.45, 7) is -0.0892. The van der Waals surface area contributed by atoms with E-state index in [1.807, 2.05) is 12.1 Å². The molecule has 0 saturated carbocycles. The quantitative estimate of drug-likeness (QED) is 0.591. The highest BCUT2D eigenvalue weighted by Crippen LogP contribution is 2.20. The van der Waals surface area contributed by atoms with Crippen LogP contribution in [-0.2, 0) is 9.53 Å². The van der Waals surface area contributed by atoms with Gasteiger partial charge in [0.15, 0.2) is 6.61 Å². The number of hydrogen-bond donors (Lipinski definition) is 1. The van der Waals surface area contributed by atoms with Gasteiger partial charge in [-0.15, -0.1) is 12.6 Å². The minimum atomic E-state index is -0.406. The average molecular weight is 198 g/mol. The lowest BCUT2D eigenvalue weighted by Gasteiger charge is -2.05. The van der Waals surface area contributed by atoms with Crippen molar-refractivity contribution < 1.29 is 14.3 Å². The van der Waals surface area contributed by atoms with Crippen LogP contribution in [0.25, 0.3) is 0 Å². The van der Waals surface area contributed by atoms with Gasteiger partial charge in [0.25, 0.3) is 0 Å². The second kappa shape index (κ2) is 4.77. The number of ether oxygens (including phenoxy) is 2. The summed E-state index contributed by atoms with van der Waals surface area (Å²) in [5.41, 5.74) is 0. The van der Waals surface area contributed by atoms with Crippen LogP contribution in [0.15, 0.2) is 29.2 Å². The predicted octanol–water partition coefficient (Wildman–Crippen LogP) is 1.53. The minimum absolute atomic E-state index is 0.0892. The van der Waals surface area contributed by atoms with Gasteiger partial charge >= 0.3 is 5.97 Å². The highest BCUT2D eigenvalue weighted by atomic mass is 32.1. The molecular weight excluding hydrogens is 188 g/mol. The third-order valence-corrected chi connectivity index (χ3v) is 1.81. The lowest BCUT2D eigenvalue weighted by molar-refractivity contribution is -0.142. The van der Waals surface area contributed by atoms with Gasteiger partial charge in [-0.2, -0.15) is 0 Å². The number of carbonyl (C=O) groups excluding carboxylic acids is 1. The van der Waals surface area contributed by atoms with E-state index >= 15 is 0 Å². The fourth-order valence-electron chi connectivity index (χ4n) is 0.775. The van der Waals surface area contributed by atoms with Crippen molar-refractivity contribution in [2.75, 3.05) is 13.7 Å². The number of rotatable bonds is 3. The first-order valence-corrected chi connectivity index (χ1v) is 4.16. The van der Waals surface area contributed by atoms with Crippen molar-refractivity contribution in [2.45, 2.75) is 4.90 Å². The summed E-state index contributed by atoms with van der Waals surface area (Å²) in [6.07, 6.45) is 0. The van der Waals surface area contributed by atoms with Crippen molar-refractivity contribution in [3.63, 3.8) is 0 Å². The Bertz CT molecular complexity index is 299. The number of benzene rings is 1. The molecule has 0 atom stereocenters. The highest BCUT2D eigenvalue weighted by Gasteiger charge is 2.03. The van der Waals surface area contributed by atoms with Crippen LogP contribution in [0.2, 0.25) is 0 Å².